The van der Waals surface area contributed by atoms with Gasteiger partial charge in [0.1, 0.15) is 0 Å². The van der Waals surface area contributed by atoms with Crippen LogP contribution in [0.5, 0.6) is 0 Å². The van der Waals surface area contributed by atoms with Crippen LogP contribution in [0.4, 0.5) is 0 Å². The Hall–Kier alpha value is 1.57. The summed E-state index contributed by atoms with van der Waals surface area (Å²) in [5.41, 5.74) is 0. The van der Waals surface area contributed by atoms with E-state index in [0.29, 0.717) is 15.5 Å². The summed E-state index contributed by atoms with van der Waals surface area (Å²) < 4.78 is 0. The van der Waals surface area contributed by atoms with Crippen molar-refractivity contribution in [3.8, 4) is 0 Å². The van der Waals surface area contributed by atoms with E-state index < -0.39 is 14.3 Å². The third kappa shape index (κ3) is 4.10. The summed E-state index contributed by atoms with van der Waals surface area (Å²) in [5, 5.41) is 0.937. The summed E-state index contributed by atoms with van der Waals surface area (Å²) in [7, 11) is -3.25. The Kier molecular flexibility index (Phi) is 7.11. The summed E-state index contributed by atoms with van der Waals surface area (Å²) in [6, 6.07) is 0. The van der Waals surface area contributed by atoms with Crippen molar-refractivity contribution in [2.75, 3.05) is 12.6 Å². The SMILES string of the molecule is CC(C)(C)[PH](C)(BCl)C[PH](BCl)(C(C)(C)C)C(C)(C)C. The van der Waals surface area contributed by atoms with E-state index in [1.165, 1.54) is 5.90 Å². The van der Waals surface area contributed by atoms with Gasteiger partial charge in [0.25, 0.3) is 0 Å². The molecule has 0 saturated carbocycles. The molecule has 0 aliphatic carbocycles. The number of hydrogen-bond donors (Lipinski definition) is 0. The van der Waals surface area contributed by atoms with E-state index in [-0.39, 0.29) is 0 Å². The van der Waals surface area contributed by atoms with Crippen LogP contribution in [0, 0.1) is 0 Å². The van der Waals surface area contributed by atoms with Gasteiger partial charge >= 0.3 is 140 Å². The Morgan fingerprint density at radius 3 is 1.20 bits per heavy atom. The summed E-state index contributed by atoms with van der Waals surface area (Å²) >= 11 is 13.1. The van der Waals surface area contributed by atoms with Crippen molar-refractivity contribution in [2.45, 2.75) is 77.8 Å². The Morgan fingerprint density at radius 1 is 0.700 bits per heavy atom. The van der Waals surface area contributed by atoms with Gasteiger partial charge in [-0.2, -0.15) is 0 Å². The fourth-order valence-electron chi connectivity index (χ4n) is 3.28. The Bertz CT molecular complexity index is 316. The number of rotatable bonds is 4. The predicted molar refractivity (Wildman–Crippen MR) is 113 cm³/mol. The minimum absolute atomic E-state index is 0.304. The average Bonchev–Trinajstić information content (AvgIpc) is 2.20. The van der Waals surface area contributed by atoms with E-state index in [1.54, 1.807) is 0 Å². The molecular formula is C14H36B2Cl2P2. The molecule has 0 spiro atoms. The summed E-state index contributed by atoms with van der Waals surface area (Å²) in [4.78, 5) is 0. The van der Waals surface area contributed by atoms with E-state index in [2.05, 4.69) is 69.0 Å². The maximum atomic E-state index is 6.65. The van der Waals surface area contributed by atoms with Gasteiger partial charge in [-0.1, -0.05) is 0 Å². The summed E-state index contributed by atoms with van der Waals surface area (Å²) in [5.74, 6) is 1.32. The molecule has 0 nitrogen and oxygen atoms in total. The van der Waals surface area contributed by atoms with Gasteiger partial charge in [-0.15, -0.1) is 0 Å². The molecule has 0 aromatic rings. The third-order valence-electron chi connectivity index (χ3n) is 5.90. The fraction of sp³-hybridized carbons (Fsp3) is 1.00. The zero-order chi connectivity index (χ0) is 16.6. The molecule has 0 bridgehead atoms. The van der Waals surface area contributed by atoms with Crippen molar-refractivity contribution in [3.05, 3.63) is 0 Å². The molecule has 6 heteroatoms. The molecule has 0 N–H and O–H groups in total. The Morgan fingerprint density at radius 2 is 1.05 bits per heavy atom. The molecule has 122 valence electrons. The summed E-state index contributed by atoms with van der Waals surface area (Å²) in [6.45, 7) is 24.0. The normalized spacial score (nSPS) is 16.8. The average molecular weight is 359 g/mol. The van der Waals surface area contributed by atoms with E-state index >= 15 is 0 Å². The van der Waals surface area contributed by atoms with Gasteiger partial charge in [0.05, 0.1) is 0 Å². The van der Waals surface area contributed by atoms with Gasteiger partial charge in [0.2, 0.25) is 0 Å². The van der Waals surface area contributed by atoms with E-state index in [4.69, 9.17) is 22.9 Å². The fourth-order valence-corrected chi connectivity index (χ4v) is 24.5. The van der Waals surface area contributed by atoms with E-state index in [0.717, 1.165) is 12.8 Å². The Balaban J connectivity index is 5.96. The number of hydrogen-bond acceptors (Lipinski definition) is 0. The molecule has 0 aliphatic rings. The van der Waals surface area contributed by atoms with Crippen LogP contribution in [-0.2, 0) is 0 Å². The van der Waals surface area contributed by atoms with E-state index in [1.807, 2.05) is 0 Å². The van der Waals surface area contributed by atoms with Gasteiger partial charge in [0, 0.05) is 0 Å². The molecule has 0 saturated heterocycles. The van der Waals surface area contributed by atoms with Crippen LogP contribution in [0.3, 0.4) is 0 Å². The van der Waals surface area contributed by atoms with E-state index in [9.17, 15) is 0 Å². The topological polar surface area (TPSA) is 0 Å². The Labute approximate surface area is 140 Å². The van der Waals surface area contributed by atoms with Crippen molar-refractivity contribution in [1.82, 2.24) is 0 Å². The van der Waals surface area contributed by atoms with Crippen LogP contribution < -0.4 is 0 Å². The first-order valence-electron chi connectivity index (χ1n) is 7.70. The van der Waals surface area contributed by atoms with Gasteiger partial charge in [-0.3, -0.25) is 0 Å². The van der Waals surface area contributed by atoms with Crippen LogP contribution in [0.2, 0.25) is 0 Å². The zero-order valence-electron chi connectivity index (χ0n) is 15.4. The second-order valence-corrected chi connectivity index (χ2v) is 23.2. The third-order valence-corrected chi connectivity index (χ3v) is 25.0. The van der Waals surface area contributed by atoms with Gasteiger partial charge in [-0.25, -0.2) is 0 Å². The summed E-state index contributed by atoms with van der Waals surface area (Å²) in [6.07, 6.45) is 1.68. The maximum absolute atomic E-state index is 6.65. The molecule has 0 amide bonds. The van der Waals surface area contributed by atoms with Crippen molar-refractivity contribution in [1.29, 1.82) is 0 Å². The van der Waals surface area contributed by atoms with Crippen LogP contribution in [0.25, 0.3) is 0 Å². The van der Waals surface area contributed by atoms with Gasteiger partial charge < -0.3 is 0 Å². The number of halogens is 2. The molecule has 0 radical (unpaired) electrons. The van der Waals surface area contributed by atoms with Crippen molar-refractivity contribution in [3.63, 3.8) is 0 Å². The van der Waals surface area contributed by atoms with Crippen molar-refractivity contribution in [2.24, 2.45) is 0 Å². The van der Waals surface area contributed by atoms with Gasteiger partial charge in [-0.05, 0) is 0 Å². The van der Waals surface area contributed by atoms with Crippen LogP contribution in [-0.4, -0.2) is 40.9 Å². The van der Waals surface area contributed by atoms with Crippen molar-refractivity contribution >= 4 is 50.0 Å². The van der Waals surface area contributed by atoms with Crippen LogP contribution in [0.1, 0.15) is 62.3 Å². The molecule has 0 rings (SSSR count). The molecule has 0 heterocycles. The first-order chi connectivity index (χ1) is 8.58. The van der Waals surface area contributed by atoms with Crippen molar-refractivity contribution < 1.29 is 0 Å². The second kappa shape index (κ2) is 6.59. The molecular weight excluding hydrogens is 323 g/mol. The van der Waals surface area contributed by atoms with Gasteiger partial charge in [0.15, 0.2) is 0 Å². The predicted octanol–water partition coefficient (Wildman–Crippen LogP) is 5.48. The zero-order valence-corrected chi connectivity index (χ0v) is 18.9. The molecule has 0 unspecified atom stereocenters. The quantitative estimate of drug-likeness (QED) is 0.461. The first kappa shape index (κ1) is 21.6. The standard InChI is InChI=1S/C14H36B2Cl2P2/c1-12(2,3)19(10,15-17)11-20(16-18,13(4,5)6)14(7,8)9/h15-16,19-20H,11H2,1-10H3. The van der Waals surface area contributed by atoms with Crippen LogP contribution in [0.15, 0.2) is 0 Å². The molecule has 20 heavy (non-hydrogen) atoms. The molecule has 0 aliphatic heterocycles. The van der Waals surface area contributed by atoms with Crippen LogP contribution >= 0.6 is 37.2 Å². The molecule has 0 fully saturated rings. The molecule has 0 atom stereocenters. The monoisotopic (exact) mass is 358 g/mol. The molecule has 0 aromatic carbocycles. The molecule has 0 aromatic heterocycles. The second-order valence-electron chi connectivity index (χ2n) is 9.84. The first-order valence-corrected chi connectivity index (χ1v) is 14.1. The minimum atomic E-state index is -1.70.